The van der Waals surface area contributed by atoms with Gasteiger partial charge in [0.15, 0.2) is 0 Å². The van der Waals surface area contributed by atoms with Crippen molar-refractivity contribution in [1.82, 2.24) is 14.8 Å². The fraction of sp³-hybridized carbons (Fsp3) is 0.318. The van der Waals surface area contributed by atoms with E-state index < -0.39 is 0 Å². The Hall–Kier alpha value is -2.66. The molecule has 1 fully saturated rings. The number of aryl methyl sites for hydroxylation is 1. The molecule has 0 spiro atoms. The molecule has 2 aromatic carbocycles. The molecule has 140 valence electrons. The fourth-order valence-electron chi connectivity index (χ4n) is 4.06. The quantitative estimate of drug-likeness (QED) is 0.767. The number of H-pyrrole nitrogens is 1. The summed E-state index contributed by atoms with van der Waals surface area (Å²) < 4.78 is 13.7. The SMILES string of the molecule is Cc1ccc(C2CN(C(=O)c3c[nH]c4ccc(F)cc34)CC2N(C)C)cc1. The van der Waals surface area contributed by atoms with Crippen molar-refractivity contribution in [1.29, 1.82) is 0 Å². The first-order chi connectivity index (χ1) is 12.9. The smallest absolute Gasteiger partial charge is 0.256 e. The van der Waals surface area contributed by atoms with Gasteiger partial charge in [-0.25, -0.2) is 4.39 Å². The molecule has 4 rings (SSSR count). The van der Waals surface area contributed by atoms with Gasteiger partial charge in [-0.15, -0.1) is 0 Å². The minimum atomic E-state index is -0.332. The van der Waals surface area contributed by atoms with Crippen LogP contribution in [-0.2, 0) is 0 Å². The van der Waals surface area contributed by atoms with Gasteiger partial charge in [0.05, 0.1) is 5.56 Å². The van der Waals surface area contributed by atoms with Gasteiger partial charge in [-0.05, 0) is 44.8 Å². The van der Waals surface area contributed by atoms with Crippen LogP contribution in [0, 0.1) is 12.7 Å². The average molecular weight is 365 g/mol. The number of carbonyl (C=O) groups is 1. The van der Waals surface area contributed by atoms with Crippen molar-refractivity contribution in [2.75, 3.05) is 27.2 Å². The first kappa shape index (κ1) is 17.7. The third-order valence-electron chi connectivity index (χ3n) is 5.62. The summed E-state index contributed by atoms with van der Waals surface area (Å²) in [6.45, 7) is 3.40. The number of nitrogens with one attached hydrogen (secondary N) is 1. The second-order valence-electron chi connectivity index (χ2n) is 7.65. The number of carbonyl (C=O) groups excluding carboxylic acids is 1. The summed E-state index contributed by atoms with van der Waals surface area (Å²) >= 11 is 0. The molecule has 27 heavy (non-hydrogen) atoms. The van der Waals surface area contributed by atoms with E-state index in [2.05, 4.69) is 55.2 Å². The summed E-state index contributed by atoms with van der Waals surface area (Å²) in [5, 5.41) is 0.639. The van der Waals surface area contributed by atoms with Crippen molar-refractivity contribution in [3.05, 3.63) is 71.2 Å². The highest BCUT2D eigenvalue weighted by molar-refractivity contribution is 6.06. The number of halogens is 1. The van der Waals surface area contributed by atoms with E-state index in [1.54, 1.807) is 12.3 Å². The molecule has 0 saturated carbocycles. The molecule has 1 saturated heterocycles. The predicted molar refractivity (Wildman–Crippen MR) is 106 cm³/mol. The Labute approximate surface area is 158 Å². The summed E-state index contributed by atoms with van der Waals surface area (Å²) in [6.07, 6.45) is 1.69. The molecule has 2 unspecified atom stereocenters. The molecule has 0 bridgehead atoms. The van der Waals surface area contributed by atoms with Crippen LogP contribution in [0.15, 0.2) is 48.7 Å². The summed E-state index contributed by atoms with van der Waals surface area (Å²) in [5.74, 6) is -0.124. The highest BCUT2D eigenvalue weighted by Crippen LogP contribution is 2.32. The molecule has 2 heterocycles. The van der Waals surface area contributed by atoms with Crippen LogP contribution in [0.4, 0.5) is 4.39 Å². The fourth-order valence-corrected chi connectivity index (χ4v) is 4.06. The monoisotopic (exact) mass is 365 g/mol. The first-order valence-corrected chi connectivity index (χ1v) is 9.23. The van der Waals surface area contributed by atoms with Gasteiger partial charge in [0, 0.05) is 42.1 Å². The molecule has 5 heteroatoms. The number of aromatic amines is 1. The number of hydrogen-bond acceptors (Lipinski definition) is 2. The van der Waals surface area contributed by atoms with Crippen LogP contribution in [0.1, 0.15) is 27.4 Å². The van der Waals surface area contributed by atoms with Gasteiger partial charge in [-0.2, -0.15) is 0 Å². The summed E-state index contributed by atoms with van der Waals surface area (Å²) in [7, 11) is 4.11. The zero-order chi connectivity index (χ0) is 19.1. The lowest BCUT2D eigenvalue weighted by molar-refractivity contribution is 0.0784. The molecule has 2 atom stereocenters. The average Bonchev–Trinajstić information content (AvgIpc) is 3.26. The van der Waals surface area contributed by atoms with Gasteiger partial charge in [-0.3, -0.25) is 4.79 Å². The minimum absolute atomic E-state index is 0.0479. The Bertz CT molecular complexity index is 977. The van der Waals surface area contributed by atoms with E-state index in [0.29, 0.717) is 24.0 Å². The normalized spacial score (nSPS) is 20.0. The minimum Gasteiger partial charge on any atom is -0.360 e. The maximum atomic E-state index is 13.7. The lowest BCUT2D eigenvalue weighted by atomic mass is 9.93. The Kier molecular flexibility index (Phi) is 4.48. The molecule has 1 aliphatic heterocycles. The van der Waals surface area contributed by atoms with Gasteiger partial charge in [0.1, 0.15) is 5.82 Å². The largest absolute Gasteiger partial charge is 0.360 e. The Morgan fingerprint density at radius 1 is 1.15 bits per heavy atom. The molecule has 1 amide bonds. The number of likely N-dealkylation sites (N-methyl/N-ethyl adjacent to an activating group) is 1. The standard InChI is InChI=1S/C22H24FN3O/c1-14-4-6-15(7-5-14)19-12-26(13-21(19)25(2)3)22(27)18-11-24-20-9-8-16(23)10-17(18)20/h4-11,19,21,24H,12-13H2,1-3H3. The predicted octanol–water partition coefficient (Wildman–Crippen LogP) is 3.79. The van der Waals surface area contributed by atoms with E-state index in [1.807, 2.05) is 4.90 Å². The second-order valence-corrected chi connectivity index (χ2v) is 7.65. The van der Waals surface area contributed by atoms with Crippen LogP contribution < -0.4 is 0 Å². The molecule has 3 aromatic rings. The van der Waals surface area contributed by atoms with Crippen molar-refractivity contribution in [3.63, 3.8) is 0 Å². The summed E-state index contributed by atoms with van der Waals surface area (Å²) in [4.78, 5) is 20.4. The zero-order valence-corrected chi connectivity index (χ0v) is 15.9. The van der Waals surface area contributed by atoms with Gasteiger partial charge in [-0.1, -0.05) is 29.8 Å². The topological polar surface area (TPSA) is 39.3 Å². The van der Waals surface area contributed by atoms with E-state index in [4.69, 9.17) is 0 Å². The number of fused-ring (bicyclic) bond motifs is 1. The lowest BCUT2D eigenvalue weighted by Crippen LogP contribution is -2.35. The highest BCUT2D eigenvalue weighted by atomic mass is 19.1. The van der Waals surface area contributed by atoms with E-state index in [9.17, 15) is 9.18 Å². The number of amides is 1. The number of aromatic nitrogens is 1. The Balaban J connectivity index is 1.64. The zero-order valence-electron chi connectivity index (χ0n) is 15.9. The summed E-state index contributed by atoms with van der Waals surface area (Å²) in [5.41, 5.74) is 3.79. The van der Waals surface area contributed by atoms with Gasteiger partial charge in [0.2, 0.25) is 0 Å². The van der Waals surface area contributed by atoms with E-state index in [0.717, 1.165) is 5.52 Å². The third kappa shape index (κ3) is 3.23. The molecule has 1 N–H and O–H groups in total. The highest BCUT2D eigenvalue weighted by Gasteiger charge is 2.38. The Morgan fingerprint density at radius 3 is 2.59 bits per heavy atom. The molecule has 1 aliphatic rings. The van der Waals surface area contributed by atoms with Crippen LogP contribution in [0.25, 0.3) is 10.9 Å². The number of rotatable bonds is 3. The maximum absolute atomic E-state index is 13.7. The van der Waals surface area contributed by atoms with Gasteiger partial charge < -0.3 is 14.8 Å². The molecule has 0 aliphatic carbocycles. The number of benzene rings is 2. The van der Waals surface area contributed by atoms with Crippen LogP contribution in [-0.4, -0.2) is 53.9 Å². The number of nitrogens with zero attached hydrogens (tertiary/aromatic N) is 2. The molecule has 1 aromatic heterocycles. The molecular formula is C22H24FN3O. The molecule has 4 nitrogen and oxygen atoms in total. The number of hydrogen-bond donors (Lipinski definition) is 1. The van der Waals surface area contributed by atoms with E-state index in [1.165, 1.54) is 23.3 Å². The Morgan fingerprint density at radius 2 is 1.89 bits per heavy atom. The third-order valence-corrected chi connectivity index (χ3v) is 5.62. The lowest BCUT2D eigenvalue weighted by Gasteiger charge is -2.25. The van der Waals surface area contributed by atoms with Crippen LogP contribution in [0.2, 0.25) is 0 Å². The first-order valence-electron chi connectivity index (χ1n) is 9.23. The van der Waals surface area contributed by atoms with Crippen molar-refractivity contribution >= 4 is 16.8 Å². The van der Waals surface area contributed by atoms with Crippen LogP contribution >= 0.6 is 0 Å². The van der Waals surface area contributed by atoms with E-state index in [-0.39, 0.29) is 23.7 Å². The molecule has 0 radical (unpaired) electrons. The number of likely N-dealkylation sites (tertiary alicyclic amines) is 1. The van der Waals surface area contributed by atoms with Crippen LogP contribution in [0.3, 0.4) is 0 Å². The van der Waals surface area contributed by atoms with Crippen molar-refractivity contribution in [2.24, 2.45) is 0 Å². The van der Waals surface area contributed by atoms with Crippen molar-refractivity contribution < 1.29 is 9.18 Å². The second kappa shape index (κ2) is 6.82. The van der Waals surface area contributed by atoms with Crippen LogP contribution in [0.5, 0.6) is 0 Å². The van der Waals surface area contributed by atoms with Gasteiger partial charge >= 0.3 is 0 Å². The van der Waals surface area contributed by atoms with E-state index >= 15 is 0 Å². The molecular weight excluding hydrogens is 341 g/mol. The van der Waals surface area contributed by atoms with Gasteiger partial charge in [0.25, 0.3) is 5.91 Å². The van der Waals surface area contributed by atoms with Crippen molar-refractivity contribution in [3.8, 4) is 0 Å². The summed E-state index contributed by atoms with van der Waals surface area (Å²) in [6, 6.07) is 13.3. The van der Waals surface area contributed by atoms with Crippen molar-refractivity contribution in [2.45, 2.75) is 18.9 Å². The maximum Gasteiger partial charge on any atom is 0.256 e.